The average molecular weight is 492 g/mol. The monoisotopic (exact) mass is 491 g/mol. The maximum absolute atomic E-state index is 13.2. The van der Waals surface area contributed by atoms with Gasteiger partial charge in [0.25, 0.3) is 0 Å². The van der Waals surface area contributed by atoms with Crippen molar-refractivity contribution < 1.29 is 24.2 Å². The van der Waals surface area contributed by atoms with E-state index in [9.17, 15) is 14.7 Å². The number of benzene rings is 2. The van der Waals surface area contributed by atoms with Crippen molar-refractivity contribution in [1.29, 1.82) is 0 Å². The quantitative estimate of drug-likeness (QED) is 0.517. The summed E-state index contributed by atoms with van der Waals surface area (Å²) in [6.45, 7) is 4.85. The van der Waals surface area contributed by atoms with Gasteiger partial charge in [-0.05, 0) is 80.7 Å². The number of ether oxygens (including phenoxy) is 2. The second kappa shape index (κ2) is 9.79. The van der Waals surface area contributed by atoms with E-state index in [0.717, 1.165) is 37.0 Å². The molecule has 192 valence electrons. The summed E-state index contributed by atoms with van der Waals surface area (Å²) in [4.78, 5) is 26.6. The van der Waals surface area contributed by atoms with Gasteiger partial charge in [-0.1, -0.05) is 49.2 Å². The molecule has 1 N–H and O–H groups in total. The summed E-state index contributed by atoms with van der Waals surface area (Å²) < 4.78 is 11.8. The van der Waals surface area contributed by atoms with Crippen LogP contribution in [0.3, 0.4) is 0 Å². The number of hydrogen-bond donors (Lipinski definition) is 1. The number of carbonyl (C=O) groups is 2. The van der Waals surface area contributed by atoms with Crippen molar-refractivity contribution in [3.05, 3.63) is 65.2 Å². The summed E-state index contributed by atoms with van der Waals surface area (Å²) in [6, 6.07) is 16.4. The fourth-order valence-electron chi connectivity index (χ4n) is 6.63. The molecule has 1 aliphatic heterocycles. The number of hydrogen-bond acceptors (Lipinski definition) is 4. The zero-order valence-electron chi connectivity index (χ0n) is 21.4. The number of piperidine rings is 1. The number of amides is 1. The molecule has 2 bridgehead atoms. The third-order valence-electron chi connectivity index (χ3n) is 8.82. The summed E-state index contributed by atoms with van der Waals surface area (Å²) in [5.74, 6) is 0.440. The van der Waals surface area contributed by atoms with Crippen LogP contribution in [-0.2, 0) is 28.0 Å². The summed E-state index contributed by atoms with van der Waals surface area (Å²) >= 11 is 0. The molecule has 1 heterocycles. The van der Waals surface area contributed by atoms with Crippen molar-refractivity contribution in [1.82, 2.24) is 4.90 Å². The van der Waals surface area contributed by atoms with Gasteiger partial charge in [-0.25, -0.2) is 4.79 Å². The Bertz CT molecular complexity index is 1110. The second-order valence-corrected chi connectivity index (χ2v) is 11.4. The van der Waals surface area contributed by atoms with Crippen LogP contribution in [0.15, 0.2) is 48.5 Å². The van der Waals surface area contributed by atoms with Crippen LogP contribution in [0.1, 0.15) is 69.1 Å². The predicted octanol–water partition coefficient (Wildman–Crippen LogP) is 5.96. The molecule has 2 aromatic rings. The molecule has 1 saturated heterocycles. The van der Waals surface area contributed by atoms with Gasteiger partial charge in [0.15, 0.2) is 0 Å². The highest BCUT2D eigenvalue weighted by Gasteiger charge is 2.55. The van der Waals surface area contributed by atoms with Crippen molar-refractivity contribution in [3.8, 4) is 5.75 Å². The molecule has 2 fully saturated rings. The van der Waals surface area contributed by atoms with Crippen LogP contribution in [0.2, 0.25) is 0 Å². The Morgan fingerprint density at radius 1 is 1.11 bits per heavy atom. The molecular formula is C30H37NO5. The standard InChI is InChI=1S/C30H37NO5/c1-29(2,27(32)33)15-17-35-23-12-11-22-18-26-24-10-6-7-13-30(24,25(22)19-23)14-16-31(26)28(34)36-20-21-8-4-3-5-9-21/h3-5,8-9,11-12,19,24,26H,6-7,10,13-18,20H2,1-2H3,(H,32,33)/t24-,26+,30+/m0/s1. The lowest BCUT2D eigenvalue weighted by molar-refractivity contribution is -0.147. The van der Waals surface area contributed by atoms with Gasteiger partial charge < -0.3 is 19.5 Å². The zero-order valence-corrected chi connectivity index (χ0v) is 21.4. The lowest BCUT2D eigenvalue weighted by atomic mass is 9.52. The minimum absolute atomic E-state index is 0.0758. The SMILES string of the molecule is CC(C)(CCOc1ccc2c(c1)[C@@]13CCCC[C@H]1[C@@H](C2)N(C(=O)OCc1ccccc1)CC3)C(=O)O. The molecular weight excluding hydrogens is 454 g/mol. The van der Waals surface area contributed by atoms with Gasteiger partial charge >= 0.3 is 12.1 Å². The minimum atomic E-state index is -0.809. The van der Waals surface area contributed by atoms with Crippen molar-refractivity contribution in [2.75, 3.05) is 13.2 Å². The van der Waals surface area contributed by atoms with Gasteiger partial charge in [-0.3, -0.25) is 4.79 Å². The van der Waals surface area contributed by atoms with E-state index in [4.69, 9.17) is 9.47 Å². The van der Waals surface area contributed by atoms with E-state index >= 15 is 0 Å². The molecule has 1 saturated carbocycles. The first-order valence-corrected chi connectivity index (χ1v) is 13.3. The fraction of sp³-hybridized carbons (Fsp3) is 0.533. The number of fused-ring (bicyclic) bond motifs is 1. The van der Waals surface area contributed by atoms with Crippen LogP contribution >= 0.6 is 0 Å². The Balaban J connectivity index is 1.33. The number of carboxylic acid groups (broad SMARTS) is 1. The Morgan fingerprint density at radius 3 is 2.69 bits per heavy atom. The highest BCUT2D eigenvalue weighted by molar-refractivity contribution is 5.73. The molecule has 2 aromatic carbocycles. The number of carboxylic acids is 1. The first-order chi connectivity index (χ1) is 17.3. The van der Waals surface area contributed by atoms with E-state index in [1.807, 2.05) is 41.3 Å². The number of nitrogens with zero attached hydrogens (tertiary/aromatic N) is 1. The van der Waals surface area contributed by atoms with Gasteiger partial charge in [0.05, 0.1) is 12.0 Å². The molecule has 1 amide bonds. The van der Waals surface area contributed by atoms with E-state index < -0.39 is 11.4 Å². The maximum atomic E-state index is 13.2. The van der Waals surface area contributed by atoms with Gasteiger partial charge in [0.2, 0.25) is 0 Å². The van der Waals surface area contributed by atoms with Crippen molar-refractivity contribution in [2.24, 2.45) is 11.3 Å². The van der Waals surface area contributed by atoms with Crippen LogP contribution in [0.5, 0.6) is 5.75 Å². The molecule has 0 aromatic heterocycles. The normalized spacial score (nSPS) is 24.9. The third-order valence-corrected chi connectivity index (χ3v) is 8.82. The molecule has 0 unspecified atom stereocenters. The Morgan fingerprint density at radius 2 is 1.92 bits per heavy atom. The molecule has 5 rings (SSSR count). The Hall–Kier alpha value is -3.02. The first kappa shape index (κ1) is 24.7. The first-order valence-electron chi connectivity index (χ1n) is 13.3. The molecule has 6 heteroatoms. The Kier molecular flexibility index (Phi) is 6.71. The smallest absolute Gasteiger partial charge is 0.410 e. The van der Waals surface area contributed by atoms with Gasteiger partial charge in [0, 0.05) is 18.0 Å². The third kappa shape index (κ3) is 4.58. The molecule has 0 radical (unpaired) electrons. The van der Waals surface area contributed by atoms with E-state index in [1.54, 1.807) is 13.8 Å². The topological polar surface area (TPSA) is 76.1 Å². The Labute approximate surface area is 213 Å². The molecule has 36 heavy (non-hydrogen) atoms. The minimum Gasteiger partial charge on any atom is -0.494 e. The van der Waals surface area contributed by atoms with E-state index in [2.05, 4.69) is 12.1 Å². The van der Waals surface area contributed by atoms with Crippen molar-refractivity contribution in [2.45, 2.75) is 76.9 Å². The van der Waals surface area contributed by atoms with Crippen LogP contribution in [-0.4, -0.2) is 41.3 Å². The molecule has 0 spiro atoms. The largest absolute Gasteiger partial charge is 0.494 e. The summed E-state index contributed by atoms with van der Waals surface area (Å²) in [6.07, 6.45) is 6.71. The van der Waals surface area contributed by atoms with Gasteiger partial charge in [-0.15, -0.1) is 0 Å². The van der Waals surface area contributed by atoms with Crippen LogP contribution < -0.4 is 4.74 Å². The predicted molar refractivity (Wildman–Crippen MR) is 137 cm³/mol. The summed E-state index contributed by atoms with van der Waals surface area (Å²) in [5.41, 5.74) is 2.96. The molecule has 3 atom stereocenters. The zero-order chi connectivity index (χ0) is 25.3. The van der Waals surface area contributed by atoms with Crippen LogP contribution in [0.25, 0.3) is 0 Å². The number of rotatable bonds is 7. The summed E-state index contributed by atoms with van der Waals surface area (Å²) in [7, 11) is 0. The molecule has 2 aliphatic carbocycles. The van der Waals surface area contributed by atoms with Gasteiger partial charge in [0.1, 0.15) is 12.4 Å². The molecule has 3 aliphatic rings. The number of aliphatic carboxylic acids is 1. The lowest BCUT2D eigenvalue weighted by Gasteiger charge is -2.58. The fourth-order valence-corrected chi connectivity index (χ4v) is 6.63. The van der Waals surface area contributed by atoms with E-state index in [1.165, 1.54) is 24.0 Å². The van der Waals surface area contributed by atoms with Crippen LogP contribution in [0, 0.1) is 11.3 Å². The highest BCUT2D eigenvalue weighted by atomic mass is 16.6. The van der Waals surface area contributed by atoms with E-state index in [0.29, 0.717) is 32.1 Å². The van der Waals surface area contributed by atoms with Crippen molar-refractivity contribution in [3.63, 3.8) is 0 Å². The average Bonchev–Trinajstić information content (AvgIpc) is 2.88. The second-order valence-electron chi connectivity index (χ2n) is 11.4. The summed E-state index contributed by atoms with van der Waals surface area (Å²) in [5, 5.41) is 9.38. The molecule has 6 nitrogen and oxygen atoms in total. The van der Waals surface area contributed by atoms with E-state index in [-0.39, 0.29) is 17.6 Å². The van der Waals surface area contributed by atoms with Crippen LogP contribution in [0.4, 0.5) is 4.79 Å². The maximum Gasteiger partial charge on any atom is 0.410 e. The van der Waals surface area contributed by atoms with Gasteiger partial charge in [-0.2, -0.15) is 0 Å². The number of carbonyl (C=O) groups excluding carboxylic acids is 1. The highest BCUT2D eigenvalue weighted by Crippen LogP contribution is 2.56. The van der Waals surface area contributed by atoms with Crippen molar-refractivity contribution >= 4 is 12.1 Å². The lowest BCUT2D eigenvalue weighted by Crippen LogP contribution is -2.62. The number of likely N-dealkylation sites (tertiary alicyclic amines) is 1.